The maximum absolute atomic E-state index is 12.8. The molecule has 0 bridgehead atoms. The largest absolute Gasteiger partial charge is 0.507 e. The van der Waals surface area contributed by atoms with Crippen molar-refractivity contribution in [1.29, 1.82) is 0 Å². The van der Waals surface area contributed by atoms with E-state index in [4.69, 9.17) is 4.74 Å². The summed E-state index contributed by atoms with van der Waals surface area (Å²) in [5.74, 6) is 1.79. The molecule has 30 heavy (non-hydrogen) atoms. The minimum absolute atomic E-state index is 0.150. The maximum Gasteiger partial charge on any atom is 0.231 e. The molecule has 0 unspecified atom stereocenters. The number of carbonyl (C=O) groups is 1. The van der Waals surface area contributed by atoms with Gasteiger partial charge in [0.2, 0.25) is 5.78 Å². The lowest BCUT2D eigenvalue weighted by molar-refractivity contribution is 0.101. The van der Waals surface area contributed by atoms with Gasteiger partial charge < -0.3 is 9.84 Å². The molecule has 0 saturated carbocycles. The van der Waals surface area contributed by atoms with Gasteiger partial charge in [-0.15, -0.1) is 0 Å². The van der Waals surface area contributed by atoms with E-state index in [1.165, 1.54) is 0 Å². The molecule has 4 nitrogen and oxygen atoms in total. The van der Waals surface area contributed by atoms with Crippen LogP contribution in [-0.4, -0.2) is 28.9 Å². The third-order valence-electron chi connectivity index (χ3n) is 4.88. The third kappa shape index (κ3) is 5.39. The summed E-state index contributed by atoms with van der Waals surface area (Å²) in [6.45, 7) is 11.1. The van der Waals surface area contributed by atoms with Crippen molar-refractivity contribution in [1.82, 2.24) is 4.90 Å². The summed E-state index contributed by atoms with van der Waals surface area (Å²) in [6.07, 6.45) is 5.44. The SMILES string of the molecule is CC(C)CN(Cc1c(O)ccc2c1O/C(=C\C=C\c1ccccc1)C2=O)CC(C)C. The van der Waals surface area contributed by atoms with Crippen LogP contribution >= 0.6 is 0 Å². The van der Waals surface area contributed by atoms with Gasteiger partial charge in [-0.1, -0.05) is 70.2 Å². The zero-order valence-electron chi connectivity index (χ0n) is 18.3. The standard InChI is InChI=1S/C26H31NO3/c1-18(2)15-27(16-19(3)4)17-22-23(28)14-13-21-25(29)24(30-26(21)22)12-8-11-20-9-6-5-7-10-20/h5-14,18-19,28H,15-17H2,1-4H3/b11-8+,24-12-. The molecule has 4 heteroatoms. The van der Waals surface area contributed by atoms with Gasteiger partial charge in [0.05, 0.1) is 11.1 Å². The Morgan fingerprint density at radius 1 is 1.00 bits per heavy atom. The van der Waals surface area contributed by atoms with Gasteiger partial charge in [-0.2, -0.15) is 0 Å². The quantitative estimate of drug-likeness (QED) is 0.574. The Bertz CT molecular complexity index is 932. The van der Waals surface area contributed by atoms with E-state index in [1.54, 1.807) is 18.2 Å². The van der Waals surface area contributed by atoms with Crippen LogP contribution in [0.4, 0.5) is 0 Å². The first-order chi connectivity index (χ1) is 14.3. The average molecular weight is 406 g/mol. The molecule has 3 rings (SSSR count). The number of nitrogens with zero attached hydrogens (tertiary/aromatic N) is 1. The topological polar surface area (TPSA) is 49.8 Å². The van der Waals surface area contributed by atoms with E-state index >= 15 is 0 Å². The van der Waals surface area contributed by atoms with Crippen LogP contribution in [0.5, 0.6) is 11.5 Å². The van der Waals surface area contributed by atoms with Gasteiger partial charge in [0, 0.05) is 19.6 Å². The van der Waals surface area contributed by atoms with E-state index < -0.39 is 0 Å². The first kappa shape index (κ1) is 21.8. The second-order valence-corrected chi connectivity index (χ2v) is 8.65. The summed E-state index contributed by atoms with van der Waals surface area (Å²) in [5, 5.41) is 10.5. The number of ketones is 1. The van der Waals surface area contributed by atoms with Crippen LogP contribution in [0.25, 0.3) is 6.08 Å². The van der Waals surface area contributed by atoms with E-state index in [9.17, 15) is 9.90 Å². The fourth-order valence-corrected chi connectivity index (χ4v) is 3.74. The molecular formula is C26H31NO3. The molecule has 0 fully saturated rings. The molecule has 1 aliphatic heterocycles. The second kappa shape index (κ2) is 9.77. The van der Waals surface area contributed by atoms with Gasteiger partial charge in [-0.3, -0.25) is 9.69 Å². The lowest BCUT2D eigenvalue weighted by atomic mass is 10.0. The fraction of sp³-hybridized carbons (Fsp3) is 0.346. The number of ether oxygens (including phenoxy) is 1. The van der Waals surface area contributed by atoms with Crippen molar-refractivity contribution in [3.05, 3.63) is 77.1 Å². The normalized spacial score (nSPS) is 15.0. The summed E-state index contributed by atoms with van der Waals surface area (Å²) in [6, 6.07) is 13.1. The molecule has 0 aliphatic carbocycles. The molecule has 1 heterocycles. The smallest absolute Gasteiger partial charge is 0.231 e. The summed E-state index contributed by atoms with van der Waals surface area (Å²) in [4.78, 5) is 15.1. The Morgan fingerprint density at radius 2 is 1.67 bits per heavy atom. The number of phenols is 1. The van der Waals surface area contributed by atoms with E-state index in [0.29, 0.717) is 35.3 Å². The van der Waals surface area contributed by atoms with Gasteiger partial charge in [-0.25, -0.2) is 0 Å². The summed E-state index contributed by atoms with van der Waals surface area (Å²) >= 11 is 0. The number of Topliss-reactive ketones (excluding diaryl/α,β-unsaturated/α-hetero) is 1. The molecule has 0 amide bonds. The van der Waals surface area contributed by atoms with Crippen molar-refractivity contribution < 1.29 is 14.6 Å². The zero-order valence-corrected chi connectivity index (χ0v) is 18.3. The molecular weight excluding hydrogens is 374 g/mol. The maximum atomic E-state index is 12.8. The van der Waals surface area contributed by atoms with Crippen LogP contribution in [0, 0.1) is 11.8 Å². The number of phenolic OH excluding ortho intramolecular Hbond substituents is 1. The van der Waals surface area contributed by atoms with Crippen molar-refractivity contribution in [3.8, 4) is 11.5 Å². The molecule has 1 N–H and O–H groups in total. The molecule has 0 saturated heterocycles. The van der Waals surface area contributed by atoms with Gasteiger partial charge in [0.1, 0.15) is 11.5 Å². The minimum atomic E-state index is -0.150. The van der Waals surface area contributed by atoms with Gasteiger partial charge in [0.25, 0.3) is 0 Å². The molecule has 0 radical (unpaired) electrons. The van der Waals surface area contributed by atoms with E-state index in [2.05, 4.69) is 32.6 Å². The van der Waals surface area contributed by atoms with Crippen molar-refractivity contribution in [2.75, 3.05) is 13.1 Å². The summed E-state index contributed by atoms with van der Waals surface area (Å²) < 4.78 is 5.95. The van der Waals surface area contributed by atoms with Crippen molar-refractivity contribution in [2.45, 2.75) is 34.2 Å². The first-order valence-electron chi connectivity index (χ1n) is 10.6. The molecule has 2 aromatic rings. The fourth-order valence-electron chi connectivity index (χ4n) is 3.74. The number of allylic oxidation sites excluding steroid dienone is 3. The molecule has 1 aliphatic rings. The highest BCUT2D eigenvalue weighted by molar-refractivity contribution is 6.12. The lowest BCUT2D eigenvalue weighted by Gasteiger charge is -2.27. The van der Waals surface area contributed by atoms with Crippen LogP contribution in [0.2, 0.25) is 0 Å². The first-order valence-corrected chi connectivity index (χ1v) is 10.6. The summed E-state index contributed by atoms with van der Waals surface area (Å²) in [5.41, 5.74) is 2.24. The van der Waals surface area contributed by atoms with Gasteiger partial charge >= 0.3 is 0 Å². The summed E-state index contributed by atoms with van der Waals surface area (Å²) in [7, 11) is 0. The number of hydrogen-bond acceptors (Lipinski definition) is 4. The molecule has 0 atom stereocenters. The van der Waals surface area contributed by atoms with Crippen molar-refractivity contribution in [3.63, 3.8) is 0 Å². The highest BCUT2D eigenvalue weighted by Gasteiger charge is 2.31. The van der Waals surface area contributed by atoms with Gasteiger partial charge in [-0.05, 0) is 35.6 Å². The second-order valence-electron chi connectivity index (χ2n) is 8.65. The number of benzene rings is 2. The van der Waals surface area contributed by atoms with Crippen LogP contribution in [0.15, 0.2) is 60.4 Å². The minimum Gasteiger partial charge on any atom is -0.507 e. The predicted octanol–water partition coefficient (Wildman–Crippen LogP) is 5.68. The van der Waals surface area contributed by atoms with Crippen molar-refractivity contribution in [2.24, 2.45) is 11.8 Å². The Kier molecular flexibility index (Phi) is 7.11. The average Bonchev–Trinajstić information content (AvgIpc) is 3.00. The number of hydrogen-bond donors (Lipinski definition) is 1. The highest BCUT2D eigenvalue weighted by Crippen LogP contribution is 2.39. The molecule has 158 valence electrons. The molecule has 0 spiro atoms. The number of rotatable bonds is 8. The Hall–Kier alpha value is -2.85. The number of fused-ring (bicyclic) bond motifs is 1. The Morgan fingerprint density at radius 3 is 2.30 bits per heavy atom. The Balaban J connectivity index is 1.85. The predicted molar refractivity (Wildman–Crippen MR) is 122 cm³/mol. The number of carbonyl (C=O) groups excluding carboxylic acids is 1. The van der Waals surface area contributed by atoms with Crippen LogP contribution in [0.3, 0.4) is 0 Å². The van der Waals surface area contributed by atoms with Crippen LogP contribution in [-0.2, 0) is 6.54 Å². The van der Waals surface area contributed by atoms with E-state index in [-0.39, 0.29) is 17.3 Å². The zero-order chi connectivity index (χ0) is 21.7. The highest BCUT2D eigenvalue weighted by atomic mass is 16.5. The van der Waals surface area contributed by atoms with Gasteiger partial charge in [0.15, 0.2) is 5.76 Å². The number of aromatic hydroxyl groups is 1. The van der Waals surface area contributed by atoms with Crippen molar-refractivity contribution >= 4 is 11.9 Å². The third-order valence-corrected chi connectivity index (χ3v) is 4.88. The van der Waals surface area contributed by atoms with Crippen LogP contribution in [0.1, 0.15) is 49.2 Å². The van der Waals surface area contributed by atoms with Crippen LogP contribution < -0.4 is 4.74 Å². The lowest BCUT2D eigenvalue weighted by Crippen LogP contribution is -2.31. The Labute approximate surface area is 179 Å². The molecule has 0 aromatic heterocycles. The monoisotopic (exact) mass is 405 g/mol. The van der Waals surface area contributed by atoms with E-state index in [1.807, 2.05) is 42.5 Å². The van der Waals surface area contributed by atoms with E-state index in [0.717, 1.165) is 18.7 Å². The molecule has 2 aromatic carbocycles.